The largest absolute Gasteiger partial charge is 0.497 e. The van der Waals surface area contributed by atoms with Crippen LogP contribution >= 0.6 is 0 Å². The molecule has 1 N–H and O–H groups in total. The van der Waals surface area contributed by atoms with Crippen molar-refractivity contribution in [2.24, 2.45) is 0 Å². The second-order valence-electron chi connectivity index (χ2n) is 7.98. The maximum Gasteiger partial charge on any atom is 0.131 e. The molecule has 2 aliphatic rings. The lowest BCUT2D eigenvalue weighted by Gasteiger charge is -2.20. The lowest BCUT2D eigenvalue weighted by atomic mass is 9.89. The standard InChI is InChI=1S/C28H31NO3/c1-4-8-20(19-30)15-16-29-26-14-11-21-9-6-5-7-10-23(21)25(26)18-27(29)24-13-12-22(31-2)17-28(24)32-3/h4,6-10,12-13,15,17-18,30H,5,11,14,16,19H2,1-3H3/b8-4-,20-15+. The Balaban J connectivity index is 1.90. The molecule has 1 heterocycles. The van der Waals surface area contributed by atoms with Gasteiger partial charge in [-0.25, -0.2) is 0 Å². The summed E-state index contributed by atoms with van der Waals surface area (Å²) in [5, 5.41) is 9.75. The van der Waals surface area contributed by atoms with Crippen LogP contribution in [0.3, 0.4) is 0 Å². The van der Waals surface area contributed by atoms with Gasteiger partial charge in [-0.1, -0.05) is 42.5 Å². The highest BCUT2D eigenvalue weighted by atomic mass is 16.5. The van der Waals surface area contributed by atoms with Gasteiger partial charge in [0.05, 0.1) is 26.5 Å². The van der Waals surface area contributed by atoms with Gasteiger partial charge >= 0.3 is 0 Å². The van der Waals surface area contributed by atoms with Crippen molar-refractivity contribution in [2.75, 3.05) is 20.8 Å². The van der Waals surface area contributed by atoms with Crippen LogP contribution in [0.2, 0.25) is 0 Å². The third-order valence-corrected chi connectivity index (χ3v) is 6.14. The molecule has 32 heavy (non-hydrogen) atoms. The van der Waals surface area contributed by atoms with Gasteiger partial charge in [0.15, 0.2) is 0 Å². The van der Waals surface area contributed by atoms with E-state index in [1.165, 1.54) is 22.4 Å². The van der Waals surface area contributed by atoms with Gasteiger partial charge < -0.3 is 19.1 Å². The average Bonchev–Trinajstić information content (AvgIpc) is 3.02. The van der Waals surface area contributed by atoms with Crippen molar-refractivity contribution >= 4 is 5.57 Å². The van der Waals surface area contributed by atoms with Gasteiger partial charge in [0, 0.05) is 29.4 Å². The molecular weight excluding hydrogens is 398 g/mol. The molecular formula is C28H31NO3. The number of methoxy groups -OCH3 is 2. The third kappa shape index (κ3) is 4.23. The van der Waals surface area contributed by atoms with Crippen LogP contribution in [0.4, 0.5) is 0 Å². The molecule has 0 amide bonds. The van der Waals surface area contributed by atoms with Gasteiger partial charge in [-0.2, -0.15) is 0 Å². The predicted molar refractivity (Wildman–Crippen MR) is 131 cm³/mol. The molecule has 1 aromatic heterocycles. The van der Waals surface area contributed by atoms with Gasteiger partial charge in [0.2, 0.25) is 0 Å². The molecule has 0 saturated carbocycles. The van der Waals surface area contributed by atoms with Crippen LogP contribution in [0.5, 0.6) is 11.5 Å². The molecule has 0 unspecified atom stereocenters. The first-order chi connectivity index (χ1) is 15.7. The van der Waals surface area contributed by atoms with Crippen LogP contribution in [0, 0.1) is 0 Å². The van der Waals surface area contributed by atoms with E-state index in [2.05, 4.69) is 47.1 Å². The first-order valence-corrected chi connectivity index (χ1v) is 11.1. The number of fused-ring (bicyclic) bond motifs is 2. The highest BCUT2D eigenvalue weighted by Crippen LogP contribution is 2.42. The van der Waals surface area contributed by atoms with E-state index in [0.29, 0.717) is 6.54 Å². The first kappa shape index (κ1) is 22.0. The van der Waals surface area contributed by atoms with Crippen LogP contribution in [0.1, 0.15) is 31.0 Å². The molecule has 166 valence electrons. The molecule has 0 fully saturated rings. The second-order valence-corrected chi connectivity index (χ2v) is 7.98. The van der Waals surface area contributed by atoms with E-state index < -0.39 is 0 Å². The lowest BCUT2D eigenvalue weighted by Crippen LogP contribution is -2.09. The first-order valence-electron chi connectivity index (χ1n) is 11.1. The maximum absolute atomic E-state index is 9.75. The van der Waals surface area contributed by atoms with Crippen LogP contribution in [-0.4, -0.2) is 30.5 Å². The van der Waals surface area contributed by atoms with Gasteiger partial charge in [-0.3, -0.25) is 0 Å². The van der Waals surface area contributed by atoms with Gasteiger partial charge in [0.25, 0.3) is 0 Å². The topological polar surface area (TPSA) is 43.6 Å². The maximum atomic E-state index is 9.75. The molecule has 4 rings (SSSR count). The molecule has 0 spiro atoms. The van der Waals surface area contributed by atoms with Crippen LogP contribution in [0.25, 0.3) is 16.8 Å². The minimum Gasteiger partial charge on any atom is -0.497 e. The molecule has 0 atom stereocenters. The monoisotopic (exact) mass is 429 g/mol. The smallest absolute Gasteiger partial charge is 0.131 e. The lowest BCUT2D eigenvalue weighted by molar-refractivity contribution is 0.334. The van der Waals surface area contributed by atoms with Crippen molar-refractivity contribution < 1.29 is 14.6 Å². The van der Waals surface area contributed by atoms with Crippen LogP contribution in [-0.2, 0) is 13.0 Å². The quantitative estimate of drug-likeness (QED) is 0.559. The van der Waals surface area contributed by atoms with E-state index in [1.807, 2.05) is 31.2 Å². The Morgan fingerprint density at radius 2 is 1.91 bits per heavy atom. The van der Waals surface area contributed by atoms with E-state index in [4.69, 9.17) is 9.47 Å². The molecule has 4 heteroatoms. The second kappa shape index (κ2) is 9.92. The minimum atomic E-state index is 0.0256. The number of benzene rings is 1. The van der Waals surface area contributed by atoms with Gasteiger partial charge in [0.1, 0.15) is 11.5 Å². The molecule has 0 saturated heterocycles. The van der Waals surface area contributed by atoms with E-state index in [9.17, 15) is 5.11 Å². The summed E-state index contributed by atoms with van der Waals surface area (Å²) < 4.78 is 13.5. The number of aliphatic hydroxyl groups excluding tert-OH is 1. The van der Waals surface area contributed by atoms with Crippen molar-refractivity contribution in [3.05, 3.63) is 89.2 Å². The summed E-state index contributed by atoms with van der Waals surface area (Å²) in [5.74, 6) is 1.55. The summed E-state index contributed by atoms with van der Waals surface area (Å²) in [6, 6.07) is 8.26. The fraction of sp³-hybridized carbons (Fsp3) is 0.286. The van der Waals surface area contributed by atoms with E-state index in [0.717, 1.165) is 47.6 Å². The summed E-state index contributed by atoms with van der Waals surface area (Å²) in [5.41, 5.74) is 8.37. The van der Waals surface area contributed by atoms with Gasteiger partial charge in [-0.15, -0.1) is 0 Å². The zero-order chi connectivity index (χ0) is 22.5. The normalized spacial score (nSPS) is 15.7. The SMILES string of the molecule is C/C=C\C(=C/Cn1c(-c2ccc(OC)cc2OC)cc2c1CCC1=C2C=CCC=C1)CO. The summed E-state index contributed by atoms with van der Waals surface area (Å²) in [6.45, 7) is 2.68. The molecule has 2 aliphatic carbocycles. The van der Waals surface area contributed by atoms with Crippen molar-refractivity contribution in [3.8, 4) is 22.8 Å². The van der Waals surface area contributed by atoms with Crippen molar-refractivity contribution in [1.82, 2.24) is 4.57 Å². The van der Waals surface area contributed by atoms with Crippen molar-refractivity contribution in [2.45, 2.75) is 32.7 Å². The van der Waals surface area contributed by atoms with Gasteiger partial charge in [-0.05, 0) is 61.1 Å². The fourth-order valence-corrected chi connectivity index (χ4v) is 4.55. The number of hydrogen-bond acceptors (Lipinski definition) is 3. The Labute approximate surface area is 190 Å². The summed E-state index contributed by atoms with van der Waals surface area (Å²) in [7, 11) is 3.36. The Morgan fingerprint density at radius 3 is 2.66 bits per heavy atom. The Hall–Kier alpha value is -3.24. The number of ether oxygens (including phenoxy) is 2. The minimum absolute atomic E-state index is 0.0256. The fourth-order valence-electron chi connectivity index (χ4n) is 4.55. The number of nitrogens with zero attached hydrogens (tertiary/aromatic N) is 1. The van der Waals surface area contributed by atoms with E-state index in [-0.39, 0.29) is 6.61 Å². The van der Waals surface area contributed by atoms with Crippen molar-refractivity contribution in [3.63, 3.8) is 0 Å². The molecule has 4 nitrogen and oxygen atoms in total. The Bertz CT molecular complexity index is 1140. The van der Waals surface area contributed by atoms with Crippen LogP contribution < -0.4 is 9.47 Å². The van der Waals surface area contributed by atoms with E-state index in [1.54, 1.807) is 14.2 Å². The van der Waals surface area contributed by atoms with Crippen molar-refractivity contribution in [1.29, 1.82) is 0 Å². The Kier molecular flexibility index (Phi) is 6.81. The molecule has 2 aromatic rings. The molecule has 0 radical (unpaired) electrons. The number of hydrogen-bond donors (Lipinski definition) is 1. The molecule has 1 aromatic carbocycles. The number of rotatable bonds is 7. The summed E-state index contributed by atoms with van der Waals surface area (Å²) >= 11 is 0. The Morgan fingerprint density at radius 1 is 1.06 bits per heavy atom. The number of aliphatic hydroxyl groups is 1. The third-order valence-electron chi connectivity index (χ3n) is 6.14. The number of allylic oxidation sites excluding steroid dienone is 8. The number of aromatic nitrogens is 1. The average molecular weight is 430 g/mol. The highest BCUT2D eigenvalue weighted by Gasteiger charge is 2.24. The predicted octanol–water partition coefficient (Wildman–Crippen LogP) is 5.88. The zero-order valence-electron chi connectivity index (χ0n) is 19.1. The summed E-state index contributed by atoms with van der Waals surface area (Å²) in [4.78, 5) is 0. The summed E-state index contributed by atoms with van der Waals surface area (Å²) in [6.07, 6.45) is 18.0. The molecule has 0 aliphatic heterocycles. The zero-order valence-corrected chi connectivity index (χ0v) is 19.1. The van der Waals surface area contributed by atoms with Crippen LogP contribution in [0.15, 0.2) is 77.9 Å². The molecule has 0 bridgehead atoms. The highest BCUT2D eigenvalue weighted by molar-refractivity contribution is 5.85. The van der Waals surface area contributed by atoms with E-state index >= 15 is 0 Å².